The molecule has 0 spiro atoms. The highest BCUT2D eigenvalue weighted by molar-refractivity contribution is 6.31. The number of benzene rings is 2. The zero-order chi connectivity index (χ0) is 15.7. The van der Waals surface area contributed by atoms with Crippen LogP contribution in [-0.2, 0) is 4.79 Å². The van der Waals surface area contributed by atoms with Gasteiger partial charge in [-0.2, -0.15) is 0 Å². The molecule has 2 aromatic rings. The number of hydrogen-bond donors (Lipinski definition) is 1. The number of carbonyl (C=O) groups excluding carboxylic acids is 2. The first-order chi connectivity index (χ1) is 10.6. The van der Waals surface area contributed by atoms with Crippen molar-refractivity contribution in [2.45, 2.75) is 0 Å². The Morgan fingerprint density at radius 3 is 2.82 bits per heavy atom. The number of ether oxygens (including phenoxy) is 1. The molecule has 22 heavy (non-hydrogen) atoms. The van der Waals surface area contributed by atoms with E-state index in [-0.39, 0.29) is 18.4 Å². The van der Waals surface area contributed by atoms with Gasteiger partial charge in [-0.25, -0.2) is 0 Å². The second-order valence-electron chi connectivity index (χ2n) is 4.86. The summed E-state index contributed by atoms with van der Waals surface area (Å²) in [7, 11) is 1.65. The highest BCUT2D eigenvalue weighted by atomic mass is 35.5. The molecule has 0 aromatic heterocycles. The summed E-state index contributed by atoms with van der Waals surface area (Å²) in [5.74, 6) is 0.0882. The lowest BCUT2D eigenvalue weighted by Gasteiger charge is -2.28. The molecule has 6 heteroatoms. The lowest BCUT2D eigenvalue weighted by Crippen LogP contribution is -2.36. The molecule has 0 radical (unpaired) electrons. The Bertz CT molecular complexity index is 761. The molecule has 1 N–H and O–H groups in total. The number of anilines is 2. The van der Waals surface area contributed by atoms with Gasteiger partial charge >= 0.3 is 0 Å². The van der Waals surface area contributed by atoms with Crippen LogP contribution in [0.15, 0.2) is 42.5 Å². The zero-order valence-corrected chi connectivity index (χ0v) is 12.6. The van der Waals surface area contributed by atoms with E-state index in [2.05, 4.69) is 5.32 Å². The van der Waals surface area contributed by atoms with E-state index in [9.17, 15) is 9.59 Å². The number of fused-ring (bicyclic) bond motifs is 1. The van der Waals surface area contributed by atoms with E-state index < -0.39 is 0 Å². The van der Waals surface area contributed by atoms with E-state index >= 15 is 0 Å². The van der Waals surface area contributed by atoms with Gasteiger partial charge in [0.25, 0.3) is 11.8 Å². The monoisotopic (exact) mass is 316 g/mol. The van der Waals surface area contributed by atoms with E-state index in [1.807, 2.05) is 0 Å². The summed E-state index contributed by atoms with van der Waals surface area (Å²) in [5, 5.41) is 3.28. The number of para-hydroxylation sites is 1. The van der Waals surface area contributed by atoms with E-state index in [0.717, 1.165) is 0 Å². The molecule has 0 aliphatic carbocycles. The molecular weight excluding hydrogens is 304 g/mol. The molecule has 0 saturated carbocycles. The molecule has 0 unspecified atom stereocenters. The molecule has 1 aliphatic rings. The summed E-state index contributed by atoms with van der Waals surface area (Å²) < 4.78 is 5.39. The highest BCUT2D eigenvalue weighted by Gasteiger charge is 2.25. The smallest absolute Gasteiger partial charge is 0.264 e. The summed E-state index contributed by atoms with van der Waals surface area (Å²) in [5.41, 5.74) is 1.50. The SMILES string of the molecule is CN1C(=O)COc2cccc(NC(=O)c3cccc(Cl)c3)c21. The maximum atomic E-state index is 12.3. The van der Waals surface area contributed by atoms with E-state index in [4.69, 9.17) is 16.3 Å². The van der Waals surface area contributed by atoms with Crippen molar-refractivity contribution in [1.82, 2.24) is 0 Å². The Labute approximate surface area is 132 Å². The normalized spacial score (nSPS) is 13.4. The highest BCUT2D eigenvalue weighted by Crippen LogP contribution is 2.38. The van der Waals surface area contributed by atoms with Crippen LogP contribution in [0.4, 0.5) is 11.4 Å². The van der Waals surface area contributed by atoms with Gasteiger partial charge in [0.15, 0.2) is 6.61 Å². The second-order valence-corrected chi connectivity index (χ2v) is 5.29. The van der Waals surface area contributed by atoms with Crippen LogP contribution in [0.25, 0.3) is 0 Å². The van der Waals surface area contributed by atoms with Gasteiger partial charge in [-0.15, -0.1) is 0 Å². The van der Waals surface area contributed by atoms with Crippen molar-refractivity contribution in [3.05, 3.63) is 53.1 Å². The molecule has 3 rings (SSSR count). The Hall–Kier alpha value is -2.53. The number of carbonyl (C=O) groups is 2. The van der Waals surface area contributed by atoms with Gasteiger partial charge < -0.3 is 15.0 Å². The minimum atomic E-state index is -0.303. The quantitative estimate of drug-likeness (QED) is 0.926. The first-order valence-electron chi connectivity index (χ1n) is 6.65. The fraction of sp³-hybridized carbons (Fsp3) is 0.125. The fourth-order valence-corrected chi connectivity index (χ4v) is 2.46. The average molecular weight is 317 g/mol. The molecule has 112 valence electrons. The van der Waals surface area contributed by atoms with Crippen molar-refractivity contribution in [3.63, 3.8) is 0 Å². The predicted octanol–water partition coefficient (Wildman–Crippen LogP) is 2.95. The van der Waals surface area contributed by atoms with E-state index in [1.165, 1.54) is 4.90 Å². The largest absolute Gasteiger partial charge is 0.481 e. The zero-order valence-electron chi connectivity index (χ0n) is 11.8. The van der Waals surface area contributed by atoms with Crippen molar-refractivity contribution >= 4 is 34.8 Å². The Balaban J connectivity index is 1.93. The van der Waals surface area contributed by atoms with Crippen molar-refractivity contribution in [2.24, 2.45) is 0 Å². The van der Waals surface area contributed by atoms with Crippen LogP contribution < -0.4 is 15.0 Å². The van der Waals surface area contributed by atoms with Crippen LogP contribution in [0, 0.1) is 0 Å². The molecule has 0 atom stereocenters. The molecule has 0 fully saturated rings. The number of halogens is 1. The third kappa shape index (κ3) is 2.63. The van der Waals surface area contributed by atoms with Gasteiger partial charge in [0, 0.05) is 17.6 Å². The van der Waals surface area contributed by atoms with Crippen molar-refractivity contribution < 1.29 is 14.3 Å². The lowest BCUT2D eigenvalue weighted by molar-refractivity contribution is -0.120. The van der Waals surface area contributed by atoms with Crippen LogP contribution in [0.2, 0.25) is 5.02 Å². The van der Waals surface area contributed by atoms with E-state index in [0.29, 0.717) is 27.7 Å². The first-order valence-corrected chi connectivity index (χ1v) is 7.03. The molecule has 2 amide bonds. The fourth-order valence-electron chi connectivity index (χ4n) is 2.27. The standard InChI is InChI=1S/C16H13ClN2O3/c1-19-14(20)9-22-13-7-3-6-12(15(13)19)18-16(21)10-4-2-5-11(17)8-10/h2-8H,9H2,1H3,(H,18,21). The summed E-state index contributed by atoms with van der Waals surface area (Å²) in [6.45, 7) is -0.00477. The first kappa shape index (κ1) is 14.4. The molecule has 1 aliphatic heterocycles. The Kier molecular flexibility index (Phi) is 3.73. The van der Waals surface area contributed by atoms with Gasteiger partial charge in [0.05, 0.1) is 5.69 Å². The van der Waals surface area contributed by atoms with Crippen LogP contribution in [0.3, 0.4) is 0 Å². The number of nitrogens with one attached hydrogen (secondary N) is 1. The van der Waals surface area contributed by atoms with Gasteiger partial charge in [0.1, 0.15) is 11.4 Å². The lowest BCUT2D eigenvalue weighted by atomic mass is 10.1. The minimum Gasteiger partial charge on any atom is -0.481 e. The molecule has 1 heterocycles. The number of amides is 2. The van der Waals surface area contributed by atoms with Crippen molar-refractivity contribution in [3.8, 4) is 5.75 Å². The topological polar surface area (TPSA) is 58.6 Å². The Morgan fingerprint density at radius 1 is 1.27 bits per heavy atom. The summed E-state index contributed by atoms with van der Waals surface area (Å²) in [6.07, 6.45) is 0. The minimum absolute atomic E-state index is 0.00477. The summed E-state index contributed by atoms with van der Waals surface area (Å²) >= 11 is 5.90. The van der Waals surface area contributed by atoms with Crippen molar-refractivity contribution in [2.75, 3.05) is 23.9 Å². The number of nitrogens with zero attached hydrogens (tertiary/aromatic N) is 1. The molecule has 2 aromatic carbocycles. The molecule has 0 saturated heterocycles. The number of hydrogen-bond acceptors (Lipinski definition) is 3. The predicted molar refractivity (Wildman–Crippen MR) is 84.8 cm³/mol. The van der Waals surface area contributed by atoms with Crippen LogP contribution in [0.5, 0.6) is 5.75 Å². The third-order valence-corrected chi connectivity index (χ3v) is 3.63. The average Bonchev–Trinajstić information content (AvgIpc) is 2.51. The van der Waals surface area contributed by atoms with Crippen molar-refractivity contribution in [1.29, 1.82) is 0 Å². The summed E-state index contributed by atoms with van der Waals surface area (Å²) in [6, 6.07) is 11.9. The van der Waals surface area contributed by atoms with Gasteiger partial charge in [0.2, 0.25) is 0 Å². The van der Waals surface area contributed by atoms with Gasteiger partial charge in [-0.05, 0) is 30.3 Å². The van der Waals surface area contributed by atoms with E-state index in [1.54, 1.807) is 49.5 Å². The molecular formula is C16H13ClN2O3. The summed E-state index contributed by atoms with van der Waals surface area (Å²) in [4.78, 5) is 25.6. The number of rotatable bonds is 2. The molecule has 5 nitrogen and oxygen atoms in total. The molecule has 0 bridgehead atoms. The van der Waals surface area contributed by atoms with Crippen LogP contribution in [0.1, 0.15) is 10.4 Å². The second kappa shape index (κ2) is 5.69. The van der Waals surface area contributed by atoms with Crippen LogP contribution >= 0.6 is 11.6 Å². The maximum absolute atomic E-state index is 12.3. The van der Waals surface area contributed by atoms with Gasteiger partial charge in [-0.1, -0.05) is 23.7 Å². The van der Waals surface area contributed by atoms with Crippen LogP contribution in [-0.4, -0.2) is 25.5 Å². The third-order valence-electron chi connectivity index (χ3n) is 3.39. The van der Waals surface area contributed by atoms with Gasteiger partial charge in [-0.3, -0.25) is 9.59 Å². The number of likely N-dealkylation sites (N-methyl/N-ethyl adjacent to an activating group) is 1. The maximum Gasteiger partial charge on any atom is 0.264 e. The Morgan fingerprint density at radius 2 is 2.05 bits per heavy atom.